The van der Waals surface area contributed by atoms with Gasteiger partial charge in [-0.05, 0) is 50.5 Å². The Balaban J connectivity index is 2.42. The fraction of sp³-hybridized carbons (Fsp3) is 0.467. The number of benzene rings is 1. The molecule has 3 heteroatoms. The number of rotatable bonds is 2. The van der Waals surface area contributed by atoms with Gasteiger partial charge in [0.2, 0.25) is 0 Å². The zero-order valence-corrected chi connectivity index (χ0v) is 11.3. The molecule has 0 amide bonds. The summed E-state index contributed by atoms with van der Waals surface area (Å²) in [7, 11) is 0. The van der Waals surface area contributed by atoms with Gasteiger partial charge in [0.15, 0.2) is 0 Å². The van der Waals surface area contributed by atoms with Crippen LogP contribution < -0.4 is 10.6 Å². The molecule has 2 rings (SSSR count). The van der Waals surface area contributed by atoms with Crippen LogP contribution in [-0.4, -0.2) is 13.1 Å². The molecule has 1 aliphatic heterocycles. The molecule has 0 radical (unpaired) electrons. The van der Waals surface area contributed by atoms with Crippen LogP contribution in [-0.2, 0) is 0 Å². The Morgan fingerprint density at radius 1 is 1.33 bits per heavy atom. The average Bonchev–Trinajstić information content (AvgIpc) is 2.31. The molecule has 0 spiro atoms. The highest BCUT2D eigenvalue weighted by Gasteiger charge is 2.18. The first-order valence-electron chi connectivity index (χ1n) is 6.45. The maximum Gasteiger partial charge on any atom is 0.126 e. The minimum atomic E-state index is -0.171. The minimum Gasteiger partial charge on any atom is -0.367 e. The molecule has 2 nitrogen and oxygen atoms in total. The van der Waals surface area contributed by atoms with Gasteiger partial charge in [-0.25, -0.2) is 4.39 Å². The SMILES string of the molecule is CC1=CCCN(c2cc(C)c(F)cc2C(C)N)C1. The molecule has 0 aliphatic carbocycles. The lowest BCUT2D eigenvalue weighted by Gasteiger charge is -2.31. The van der Waals surface area contributed by atoms with Crippen molar-refractivity contribution in [1.82, 2.24) is 0 Å². The van der Waals surface area contributed by atoms with Crippen LogP contribution in [0.1, 0.15) is 37.4 Å². The van der Waals surface area contributed by atoms with Gasteiger partial charge in [0.1, 0.15) is 5.82 Å². The number of nitrogens with zero attached hydrogens (tertiary/aromatic N) is 1. The van der Waals surface area contributed by atoms with E-state index >= 15 is 0 Å². The van der Waals surface area contributed by atoms with Gasteiger partial charge in [0, 0.05) is 24.8 Å². The predicted octanol–water partition coefficient (Wildman–Crippen LogP) is 3.31. The highest BCUT2D eigenvalue weighted by Crippen LogP contribution is 2.30. The first-order chi connectivity index (χ1) is 8.49. The van der Waals surface area contributed by atoms with E-state index < -0.39 is 0 Å². The van der Waals surface area contributed by atoms with Crippen LogP contribution in [0.3, 0.4) is 0 Å². The zero-order chi connectivity index (χ0) is 13.3. The van der Waals surface area contributed by atoms with Crippen molar-refractivity contribution in [3.05, 3.63) is 40.7 Å². The summed E-state index contributed by atoms with van der Waals surface area (Å²) >= 11 is 0. The Morgan fingerprint density at radius 2 is 2.06 bits per heavy atom. The van der Waals surface area contributed by atoms with Crippen LogP contribution >= 0.6 is 0 Å². The second kappa shape index (κ2) is 5.11. The largest absolute Gasteiger partial charge is 0.367 e. The maximum atomic E-state index is 13.7. The Hall–Kier alpha value is -1.35. The summed E-state index contributed by atoms with van der Waals surface area (Å²) in [4.78, 5) is 2.29. The molecule has 1 aromatic carbocycles. The van der Waals surface area contributed by atoms with Gasteiger partial charge in [-0.1, -0.05) is 11.6 Å². The third-order valence-corrected chi connectivity index (χ3v) is 3.47. The first kappa shape index (κ1) is 13.1. The molecule has 0 saturated carbocycles. The third-order valence-electron chi connectivity index (χ3n) is 3.47. The summed E-state index contributed by atoms with van der Waals surface area (Å²) in [6.45, 7) is 7.72. The fourth-order valence-corrected chi connectivity index (χ4v) is 2.44. The van der Waals surface area contributed by atoms with E-state index in [1.54, 1.807) is 13.0 Å². The molecule has 2 N–H and O–H groups in total. The lowest BCUT2D eigenvalue weighted by Crippen LogP contribution is -2.31. The van der Waals surface area contributed by atoms with Crippen LogP contribution in [0.15, 0.2) is 23.8 Å². The topological polar surface area (TPSA) is 29.3 Å². The molecule has 1 aliphatic rings. The van der Waals surface area contributed by atoms with Crippen LogP contribution in [0.2, 0.25) is 0 Å². The van der Waals surface area contributed by atoms with E-state index in [9.17, 15) is 4.39 Å². The second-order valence-corrected chi connectivity index (χ2v) is 5.21. The number of aryl methyl sites for hydroxylation is 1. The summed E-state index contributed by atoms with van der Waals surface area (Å²) in [5.41, 5.74) is 9.99. The van der Waals surface area contributed by atoms with E-state index in [4.69, 9.17) is 5.73 Å². The molecule has 98 valence electrons. The van der Waals surface area contributed by atoms with Crippen molar-refractivity contribution in [3.63, 3.8) is 0 Å². The second-order valence-electron chi connectivity index (χ2n) is 5.21. The monoisotopic (exact) mass is 248 g/mol. The highest BCUT2D eigenvalue weighted by molar-refractivity contribution is 5.58. The van der Waals surface area contributed by atoms with Crippen molar-refractivity contribution in [2.45, 2.75) is 33.2 Å². The third kappa shape index (κ3) is 2.56. The summed E-state index contributed by atoms with van der Waals surface area (Å²) in [6, 6.07) is 3.36. The predicted molar refractivity (Wildman–Crippen MR) is 74.3 cm³/mol. The number of hydrogen-bond donors (Lipinski definition) is 1. The quantitative estimate of drug-likeness (QED) is 0.814. The van der Waals surface area contributed by atoms with Crippen molar-refractivity contribution < 1.29 is 4.39 Å². The number of halogens is 1. The van der Waals surface area contributed by atoms with Crippen molar-refractivity contribution >= 4 is 5.69 Å². The summed E-state index contributed by atoms with van der Waals surface area (Å²) < 4.78 is 13.7. The molecule has 0 saturated heterocycles. The van der Waals surface area contributed by atoms with E-state index in [-0.39, 0.29) is 11.9 Å². The van der Waals surface area contributed by atoms with Crippen molar-refractivity contribution in [1.29, 1.82) is 0 Å². The molecule has 1 heterocycles. The fourth-order valence-electron chi connectivity index (χ4n) is 2.44. The standard InChI is InChI=1S/C15H21FN2/c1-10-5-4-6-18(9-10)15-7-11(2)14(16)8-13(15)12(3)17/h5,7-8,12H,4,6,9,17H2,1-3H3. The highest BCUT2D eigenvalue weighted by atomic mass is 19.1. The molecule has 0 fully saturated rings. The minimum absolute atomic E-state index is 0.152. The van der Waals surface area contributed by atoms with Gasteiger partial charge in [-0.2, -0.15) is 0 Å². The van der Waals surface area contributed by atoms with Gasteiger partial charge < -0.3 is 10.6 Å². The molecule has 18 heavy (non-hydrogen) atoms. The normalized spacial score (nSPS) is 17.6. The number of anilines is 1. The number of nitrogens with two attached hydrogens (primary N) is 1. The van der Waals surface area contributed by atoms with E-state index in [0.29, 0.717) is 5.56 Å². The molecule has 1 atom stereocenters. The average molecular weight is 248 g/mol. The maximum absolute atomic E-state index is 13.7. The Labute approximate surface area is 108 Å². The van der Waals surface area contributed by atoms with Gasteiger partial charge in [0.05, 0.1) is 0 Å². The van der Waals surface area contributed by atoms with E-state index in [0.717, 1.165) is 30.8 Å². The van der Waals surface area contributed by atoms with E-state index in [1.807, 2.05) is 13.0 Å². The molecule has 0 aromatic heterocycles. The van der Waals surface area contributed by atoms with Crippen LogP contribution in [0, 0.1) is 12.7 Å². The molecular formula is C15H21FN2. The summed E-state index contributed by atoms with van der Waals surface area (Å²) in [6.07, 6.45) is 3.30. The van der Waals surface area contributed by atoms with Crippen LogP contribution in [0.5, 0.6) is 0 Å². The first-order valence-corrected chi connectivity index (χ1v) is 6.45. The van der Waals surface area contributed by atoms with Crippen LogP contribution in [0.25, 0.3) is 0 Å². The van der Waals surface area contributed by atoms with E-state index in [1.165, 1.54) is 5.57 Å². The Kier molecular flexibility index (Phi) is 3.71. The van der Waals surface area contributed by atoms with Gasteiger partial charge in [0.25, 0.3) is 0 Å². The lowest BCUT2D eigenvalue weighted by molar-refractivity contribution is 0.612. The Morgan fingerprint density at radius 3 is 2.67 bits per heavy atom. The van der Waals surface area contributed by atoms with Gasteiger partial charge >= 0.3 is 0 Å². The van der Waals surface area contributed by atoms with E-state index in [2.05, 4.69) is 17.9 Å². The smallest absolute Gasteiger partial charge is 0.126 e. The van der Waals surface area contributed by atoms with Crippen molar-refractivity contribution in [3.8, 4) is 0 Å². The number of hydrogen-bond acceptors (Lipinski definition) is 2. The van der Waals surface area contributed by atoms with Crippen molar-refractivity contribution in [2.75, 3.05) is 18.0 Å². The molecule has 0 bridgehead atoms. The van der Waals surface area contributed by atoms with Crippen molar-refractivity contribution in [2.24, 2.45) is 5.73 Å². The zero-order valence-electron chi connectivity index (χ0n) is 11.3. The molecule has 1 aromatic rings. The van der Waals surface area contributed by atoms with Gasteiger partial charge in [-0.15, -0.1) is 0 Å². The Bertz CT molecular complexity index is 478. The van der Waals surface area contributed by atoms with Crippen LogP contribution in [0.4, 0.5) is 10.1 Å². The summed E-state index contributed by atoms with van der Waals surface area (Å²) in [5, 5.41) is 0. The molecular weight excluding hydrogens is 227 g/mol. The lowest BCUT2D eigenvalue weighted by atomic mass is 10.0. The summed E-state index contributed by atoms with van der Waals surface area (Å²) in [5.74, 6) is -0.171. The molecule has 1 unspecified atom stereocenters. The van der Waals surface area contributed by atoms with Gasteiger partial charge in [-0.3, -0.25) is 0 Å².